The SMILES string of the molecule is Nc1ccc([AsH](=O)O)cc1O. The van der Waals surface area contributed by atoms with Crippen molar-refractivity contribution in [2.45, 2.75) is 0 Å². The van der Waals surface area contributed by atoms with Crippen molar-refractivity contribution in [3.63, 3.8) is 0 Å². The minimum absolute atomic E-state index is 0.141. The predicted octanol–water partition coefficient (Wildman–Crippen LogP) is -1.18. The average molecular weight is 217 g/mol. The van der Waals surface area contributed by atoms with E-state index in [0.717, 1.165) is 0 Å². The van der Waals surface area contributed by atoms with Crippen molar-refractivity contribution < 1.29 is 12.9 Å². The molecule has 4 nitrogen and oxygen atoms in total. The van der Waals surface area contributed by atoms with Gasteiger partial charge < -0.3 is 0 Å². The zero-order valence-electron chi connectivity index (χ0n) is 5.61. The van der Waals surface area contributed by atoms with Gasteiger partial charge in [-0.25, -0.2) is 0 Å². The molecule has 0 saturated carbocycles. The van der Waals surface area contributed by atoms with Gasteiger partial charge in [0.1, 0.15) is 0 Å². The number of rotatable bonds is 1. The van der Waals surface area contributed by atoms with Gasteiger partial charge in [-0.1, -0.05) is 0 Å². The monoisotopic (exact) mass is 217 g/mol. The van der Waals surface area contributed by atoms with Crippen molar-refractivity contribution in [3.8, 4) is 5.75 Å². The molecule has 0 heterocycles. The number of nitrogen functional groups attached to an aromatic ring is 1. The van der Waals surface area contributed by atoms with E-state index in [9.17, 15) is 3.74 Å². The Morgan fingerprint density at radius 2 is 2.09 bits per heavy atom. The zero-order valence-corrected chi connectivity index (χ0v) is 7.71. The van der Waals surface area contributed by atoms with Crippen LogP contribution in [0.4, 0.5) is 5.69 Å². The summed E-state index contributed by atoms with van der Waals surface area (Å²) in [6.07, 6.45) is 0. The van der Waals surface area contributed by atoms with Crippen LogP contribution in [0, 0.1) is 0 Å². The fourth-order valence-electron chi connectivity index (χ4n) is 0.677. The van der Waals surface area contributed by atoms with Gasteiger partial charge in [-0.05, 0) is 0 Å². The van der Waals surface area contributed by atoms with Gasteiger partial charge in [0.2, 0.25) is 0 Å². The van der Waals surface area contributed by atoms with Gasteiger partial charge in [-0.2, -0.15) is 0 Å². The van der Waals surface area contributed by atoms with Crippen LogP contribution in [0.25, 0.3) is 0 Å². The molecule has 0 aliphatic rings. The molecule has 4 N–H and O–H groups in total. The first kappa shape index (κ1) is 8.24. The van der Waals surface area contributed by atoms with E-state index in [0.29, 0.717) is 0 Å². The van der Waals surface area contributed by atoms with Gasteiger partial charge in [-0.3, -0.25) is 0 Å². The summed E-state index contributed by atoms with van der Waals surface area (Å²) < 4.78 is 19.5. The molecular weight excluding hydrogens is 209 g/mol. The van der Waals surface area contributed by atoms with E-state index in [2.05, 4.69) is 0 Å². The number of phenols is 1. The third-order valence-electron chi connectivity index (χ3n) is 1.28. The summed E-state index contributed by atoms with van der Waals surface area (Å²) in [5.41, 5.74) is 5.49. The Bertz CT molecular complexity index is 300. The Kier molecular flexibility index (Phi) is 2.27. The predicted molar refractivity (Wildman–Crippen MR) is 42.2 cm³/mol. The molecule has 0 aromatic heterocycles. The molecular formula is C6H8AsNO3. The summed E-state index contributed by atoms with van der Waals surface area (Å²) >= 11 is -3.29. The second kappa shape index (κ2) is 3.03. The Balaban J connectivity index is 3.15. The van der Waals surface area contributed by atoms with E-state index in [1.54, 1.807) is 0 Å². The van der Waals surface area contributed by atoms with Gasteiger partial charge >= 0.3 is 67.6 Å². The fraction of sp³-hybridized carbons (Fsp3) is 0. The molecule has 1 aromatic rings. The number of nitrogens with two attached hydrogens (primary N) is 1. The van der Waals surface area contributed by atoms with E-state index in [1.165, 1.54) is 18.2 Å². The van der Waals surface area contributed by atoms with E-state index in [1.807, 2.05) is 0 Å². The molecule has 0 bridgehead atoms. The number of phenolic OH excluding ortho intramolecular Hbond substituents is 1. The van der Waals surface area contributed by atoms with Gasteiger partial charge in [-0.15, -0.1) is 0 Å². The Morgan fingerprint density at radius 1 is 1.45 bits per heavy atom. The van der Waals surface area contributed by atoms with Crippen molar-refractivity contribution in [1.82, 2.24) is 0 Å². The van der Waals surface area contributed by atoms with Crippen LogP contribution in [-0.2, 0) is 3.74 Å². The number of anilines is 1. The van der Waals surface area contributed by atoms with Crippen LogP contribution in [0.1, 0.15) is 0 Å². The third-order valence-corrected chi connectivity index (χ3v) is 2.97. The molecule has 0 spiro atoms. The minimum atomic E-state index is -3.29. The Morgan fingerprint density at radius 3 is 2.55 bits per heavy atom. The fourth-order valence-corrected chi connectivity index (χ4v) is 1.70. The molecule has 0 aliphatic heterocycles. The summed E-state index contributed by atoms with van der Waals surface area (Å²) in [6, 6.07) is 4.07. The molecule has 0 amide bonds. The first-order chi connectivity index (χ1) is 5.11. The molecule has 60 valence electrons. The first-order valence-electron chi connectivity index (χ1n) is 2.93. The number of benzene rings is 1. The van der Waals surface area contributed by atoms with Gasteiger partial charge in [0.25, 0.3) is 0 Å². The van der Waals surface area contributed by atoms with Crippen molar-refractivity contribution >= 4 is 25.0 Å². The van der Waals surface area contributed by atoms with Crippen molar-refractivity contribution in [2.24, 2.45) is 0 Å². The van der Waals surface area contributed by atoms with E-state index < -0.39 is 14.9 Å². The quantitative estimate of drug-likeness (QED) is 0.314. The summed E-state index contributed by atoms with van der Waals surface area (Å²) in [7, 11) is 0. The number of hydrogen-bond acceptors (Lipinski definition) is 3. The van der Waals surface area contributed by atoms with Crippen LogP contribution in [0.5, 0.6) is 5.75 Å². The Hall–Kier alpha value is -0.862. The molecule has 5 heteroatoms. The first-order valence-corrected chi connectivity index (χ1v) is 5.77. The van der Waals surface area contributed by atoms with Crippen LogP contribution in [-0.4, -0.2) is 24.1 Å². The maximum absolute atomic E-state index is 10.6. The van der Waals surface area contributed by atoms with Crippen LogP contribution < -0.4 is 10.1 Å². The van der Waals surface area contributed by atoms with Crippen molar-refractivity contribution in [3.05, 3.63) is 18.2 Å². The van der Waals surface area contributed by atoms with Crippen LogP contribution in [0.15, 0.2) is 18.2 Å². The Labute approximate surface area is 68.1 Å². The molecule has 1 unspecified atom stereocenters. The topological polar surface area (TPSA) is 83.6 Å². The second-order valence-corrected chi connectivity index (χ2v) is 4.57. The normalized spacial score (nSPS) is 12.8. The zero-order chi connectivity index (χ0) is 8.43. The van der Waals surface area contributed by atoms with E-state index in [4.69, 9.17) is 14.9 Å². The van der Waals surface area contributed by atoms with Crippen molar-refractivity contribution in [1.29, 1.82) is 0 Å². The van der Waals surface area contributed by atoms with E-state index in [-0.39, 0.29) is 15.8 Å². The van der Waals surface area contributed by atoms with Crippen LogP contribution in [0.2, 0.25) is 0 Å². The molecule has 1 aromatic carbocycles. The number of hydrogen-bond donors (Lipinski definition) is 3. The van der Waals surface area contributed by atoms with Crippen LogP contribution in [0.3, 0.4) is 0 Å². The molecule has 1 atom stereocenters. The van der Waals surface area contributed by atoms with Gasteiger partial charge in [0.05, 0.1) is 0 Å². The molecule has 1 rings (SSSR count). The maximum atomic E-state index is 10.6. The van der Waals surface area contributed by atoms with Gasteiger partial charge in [0, 0.05) is 0 Å². The third kappa shape index (κ3) is 1.79. The molecule has 0 aliphatic carbocycles. The molecule has 0 radical (unpaired) electrons. The van der Waals surface area contributed by atoms with Gasteiger partial charge in [0.15, 0.2) is 0 Å². The summed E-state index contributed by atoms with van der Waals surface area (Å²) in [5.74, 6) is -0.141. The van der Waals surface area contributed by atoms with E-state index >= 15 is 0 Å². The molecule has 0 saturated heterocycles. The second-order valence-electron chi connectivity index (χ2n) is 2.08. The standard InChI is InChI=1S/C6H8AsNO3/c8-5-2-1-4(7(10)11)3-6(5)9/h1-3,7,9H,8H2,(H,10,11). The molecule has 11 heavy (non-hydrogen) atoms. The number of aromatic hydroxyl groups is 1. The summed E-state index contributed by atoms with van der Waals surface area (Å²) in [6.45, 7) is 0. The summed E-state index contributed by atoms with van der Waals surface area (Å²) in [4.78, 5) is 0. The summed E-state index contributed by atoms with van der Waals surface area (Å²) in [5, 5.41) is 9.00. The van der Waals surface area contributed by atoms with Crippen LogP contribution >= 0.6 is 0 Å². The molecule has 0 fully saturated rings. The van der Waals surface area contributed by atoms with Crippen molar-refractivity contribution in [2.75, 3.05) is 5.73 Å². The average Bonchev–Trinajstić information content (AvgIpc) is 1.94.